The number of fused-ring (bicyclic) bond motifs is 1. The Balaban J connectivity index is 1.44. The van der Waals surface area contributed by atoms with Gasteiger partial charge in [0, 0.05) is 23.0 Å². The van der Waals surface area contributed by atoms with Crippen molar-refractivity contribution in [2.45, 2.75) is 0 Å². The number of nitrogens with one attached hydrogen (secondary N) is 1. The van der Waals surface area contributed by atoms with E-state index in [1.807, 2.05) is 48.7 Å². The first-order valence-corrected chi connectivity index (χ1v) is 9.76. The predicted molar refractivity (Wildman–Crippen MR) is 115 cm³/mol. The smallest absolute Gasteiger partial charge is 0.188 e. The van der Waals surface area contributed by atoms with Crippen molar-refractivity contribution in [2.75, 3.05) is 12.4 Å². The van der Waals surface area contributed by atoms with Gasteiger partial charge in [0.1, 0.15) is 5.75 Å². The number of rotatable bonds is 5. The molecule has 0 fully saturated rings. The molecular formula is C22H16N4O2S. The van der Waals surface area contributed by atoms with Gasteiger partial charge in [-0.3, -0.25) is 4.98 Å². The normalized spacial score (nSPS) is 10.9. The Morgan fingerprint density at radius 2 is 1.90 bits per heavy atom. The maximum Gasteiger partial charge on any atom is 0.188 e. The molecule has 0 amide bonds. The van der Waals surface area contributed by atoms with Crippen molar-refractivity contribution in [2.24, 2.45) is 0 Å². The summed E-state index contributed by atoms with van der Waals surface area (Å²) in [5, 5.41) is 4.22. The molecule has 2 aromatic carbocycles. The maximum atomic E-state index is 5.38. The minimum absolute atomic E-state index is 0.731. The lowest BCUT2D eigenvalue weighted by molar-refractivity contribution is 0.413. The zero-order chi connectivity index (χ0) is 19.6. The van der Waals surface area contributed by atoms with Gasteiger partial charge in [-0.2, -0.15) is 0 Å². The second-order valence-electron chi connectivity index (χ2n) is 6.39. The number of methoxy groups -OCH3 is 1. The highest BCUT2D eigenvalue weighted by molar-refractivity contribution is 7.22. The van der Waals surface area contributed by atoms with E-state index in [0.717, 1.165) is 49.2 Å². The third-order valence-corrected chi connectivity index (χ3v) is 5.43. The summed E-state index contributed by atoms with van der Waals surface area (Å²) in [6.07, 6.45) is 6.66. The number of oxazole rings is 1. The van der Waals surface area contributed by atoms with Gasteiger partial charge in [0.25, 0.3) is 0 Å². The summed E-state index contributed by atoms with van der Waals surface area (Å²) < 4.78 is 11.8. The van der Waals surface area contributed by atoms with E-state index in [4.69, 9.17) is 14.1 Å². The standard InChI is InChI=1S/C22H16N4O2S/c1-27-18-8-16(10-23-11-18)14-5-6-19-21(9-14)29-22(26-19)25-17-4-2-3-15(7-17)20-12-24-13-28-20/h2-13H,1H3,(H,25,26). The number of benzene rings is 2. The monoisotopic (exact) mass is 400 g/mol. The Bertz CT molecular complexity index is 1280. The van der Waals surface area contributed by atoms with Gasteiger partial charge in [-0.25, -0.2) is 9.97 Å². The summed E-state index contributed by atoms with van der Waals surface area (Å²) in [7, 11) is 1.64. The van der Waals surface area contributed by atoms with Crippen LogP contribution >= 0.6 is 11.3 Å². The van der Waals surface area contributed by atoms with E-state index in [-0.39, 0.29) is 0 Å². The number of ether oxygens (including phenoxy) is 1. The van der Waals surface area contributed by atoms with Crippen LogP contribution in [0.25, 0.3) is 32.7 Å². The molecule has 7 heteroatoms. The molecule has 6 nitrogen and oxygen atoms in total. The molecule has 0 atom stereocenters. The molecule has 3 aromatic heterocycles. The molecule has 0 aliphatic carbocycles. The molecule has 0 unspecified atom stereocenters. The zero-order valence-electron chi connectivity index (χ0n) is 15.5. The number of nitrogens with zero attached hydrogens (tertiary/aromatic N) is 3. The average Bonchev–Trinajstić information content (AvgIpc) is 3.43. The number of anilines is 2. The first-order chi connectivity index (χ1) is 14.3. The van der Waals surface area contributed by atoms with E-state index in [1.54, 1.807) is 30.8 Å². The van der Waals surface area contributed by atoms with Crippen LogP contribution in [0.3, 0.4) is 0 Å². The molecule has 3 heterocycles. The summed E-state index contributed by atoms with van der Waals surface area (Å²) in [5.41, 5.74) is 4.93. The lowest BCUT2D eigenvalue weighted by atomic mass is 10.1. The van der Waals surface area contributed by atoms with Crippen LogP contribution in [0.5, 0.6) is 5.75 Å². The molecule has 0 aliphatic heterocycles. The minimum Gasteiger partial charge on any atom is -0.495 e. The molecule has 0 aliphatic rings. The first-order valence-electron chi connectivity index (χ1n) is 8.94. The van der Waals surface area contributed by atoms with Gasteiger partial charge in [0.2, 0.25) is 0 Å². The Labute approximate surface area is 170 Å². The third kappa shape index (κ3) is 3.55. The summed E-state index contributed by atoms with van der Waals surface area (Å²) in [5.74, 6) is 1.47. The van der Waals surface area contributed by atoms with Gasteiger partial charge < -0.3 is 14.5 Å². The molecule has 0 radical (unpaired) electrons. The van der Waals surface area contributed by atoms with Crippen molar-refractivity contribution < 1.29 is 9.15 Å². The van der Waals surface area contributed by atoms with Crippen molar-refractivity contribution in [3.05, 3.63) is 73.5 Å². The number of pyridine rings is 1. The van der Waals surface area contributed by atoms with Gasteiger partial charge in [-0.15, -0.1) is 0 Å². The van der Waals surface area contributed by atoms with Gasteiger partial charge in [-0.1, -0.05) is 29.5 Å². The molecule has 1 N–H and O–H groups in total. The molecule has 5 aromatic rings. The highest BCUT2D eigenvalue weighted by Crippen LogP contribution is 2.33. The number of hydrogen-bond acceptors (Lipinski definition) is 7. The van der Waals surface area contributed by atoms with Crippen molar-refractivity contribution in [1.29, 1.82) is 0 Å². The van der Waals surface area contributed by atoms with Crippen LogP contribution in [0, 0.1) is 0 Å². The molecule has 142 valence electrons. The second-order valence-corrected chi connectivity index (χ2v) is 7.42. The van der Waals surface area contributed by atoms with Gasteiger partial charge >= 0.3 is 0 Å². The summed E-state index contributed by atoms with van der Waals surface area (Å²) in [6, 6.07) is 16.1. The fourth-order valence-corrected chi connectivity index (χ4v) is 4.00. The average molecular weight is 400 g/mol. The summed E-state index contributed by atoms with van der Waals surface area (Å²) in [6.45, 7) is 0. The van der Waals surface area contributed by atoms with Crippen molar-refractivity contribution >= 4 is 32.4 Å². The van der Waals surface area contributed by atoms with Crippen LogP contribution in [0.4, 0.5) is 10.8 Å². The fraction of sp³-hybridized carbons (Fsp3) is 0.0455. The SMILES string of the molecule is COc1cncc(-c2ccc3nc(Nc4cccc(-c5cnco5)c4)sc3c2)c1. The minimum atomic E-state index is 0.731. The van der Waals surface area contributed by atoms with Crippen LogP contribution in [0.1, 0.15) is 0 Å². The largest absolute Gasteiger partial charge is 0.495 e. The highest BCUT2D eigenvalue weighted by Gasteiger charge is 2.09. The maximum absolute atomic E-state index is 5.38. The molecule has 5 rings (SSSR count). The fourth-order valence-electron chi connectivity index (χ4n) is 3.08. The Hall–Kier alpha value is -3.71. The summed E-state index contributed by atoms with van der Waals surface area (Å²) in [4.78, 5) is 12.9. The van der Waals surface area contributed by atoms with E-state index in [1.165, 1.54) is 6.39 Å². The number of aromatic nitrogens is 3. The van der Waals surface area contributed by atoms with E-state index < -0.39 is 0 Å². The van der Waals surface area contributed by atoms with E-state index >= 15 is 0 Å². The van der Waals surface area contributed by atoms with Gasteiger partial charge in [-0.05, 0) is 35.9 Å². The van der Waals surface area contributed by atoms with Crippen molar-refractivity contribution in [1.82, 2.24) is 15.0 Å². The molecular weight excluding hydrogens is 384 g/mol. The third-order valence-electron chi connectivity index (χ3n) is 4.50. The van der Waals surface area contributed by atoms with Crippen molar-refractivity contribution in [3.8, 4) is 28.2 Å². The molecule has 0 saturated carbocycles. The first kappa shape index (κ1) is 17.4. The van der Waals surface area contributed by atoms with Crippen LogP contribution < -0.4 is 10.1 Å². The molecule has 29 heavy (non-hydrogen) atoms. The topological polar surface area (TPSA) is 73.1 Å². The summed E-state index contributed by atoms with van der Waals surface area (Å²) >= 11 is 1.60. The van der Waals surface area contributed by atoms with Crippen molar-refractivity contribution in [3.63, 3.8) is 0 Å². The van der Waals surface area contributed by atoms with Gasteiger partial charge in [0.05, 0.1) is 29.7 Å². The molecule has 0 saturated heterocycles. The van der Waals surface area contributed by atoms with E-state index in [2.05, 4.69) is 21.4 Å². The predicted octanol–water partition coefficient (Wildman–Crippen LogP) is 5.77. The van der Waals surface area contributed by atoms with E-state index in [0.29, 0.717) is 0 Å². The van der Waals surface area contributed by atoms with Crippen LogP contribution in [-0.4, -0.2) is 22.1 Å². The second kappa shape index (κ2) is 7.37. The van der Waals surface area contributed by atoms with Crippen LogP contribution in [-0.2, 0) is 0 Å². The zero-order valence-corrected chi connectivity index (χ0v) is 16.3. The molecule has 0 spiro atoms. The Morgan fingerprint density at radius 1 is 0.931 bits per heavy atom. The number of thiazole rings is 1. The van der Waals surface area contributed by atoms with Crippen LogP contribution in [0.2, 0.25) is 0 Å². The Kier molecular flexibility index (Phi) is 4.42. The quantitative estimate of drug-likeness (QED) is 0.404. The van der Waals surface area contributed by atoms with Gasteiger partial charge in [0.15, 0.2) is 17.3 Å². The lowest BCUT2D eigenvalue weighted by Crippen LogP contribution is -1.89. The van der Waals surface area contributed by atoms with E-state index in [9.17, 15) is 0 Å². The number of hydrogen-bond donors (Lipinski definition) is 1. The molecule has 0 bridgehead atoms. The Morgan fingerprint density at radius 3 is 2.76 bits per heavy atom. The highest BCUT2D eigenvalue weighted by atomic mass is 32.1. The van der Waals surface area contributed by atoms with Crippen LogP contribution in [0.15, 0.2) is 77.9 Å². The lowest BCUT2D eigenvalue weighted by Gasteiger charge is -2.04.